The summed E-state index contributed by atoms with van der Waals surface area (Å²) in [5.41, 5.74) is 2.27. The Morgan fingerprint density at radius 1 is 0.971 bits per heavy atom. The highest BCUT2D eigenvalue weighted by atomic mass is 16.8. The minimum absolute atomic E-state index is 0.000311. The second kappa shape index (κ2) is 24.6. The fourth-order valence-corrected chi connectivity index (χ4v) is 10.1. The van der Waals surface area contributed by atoms with Gasteiger partial charge < -0.3 is 53.3 Å². The van der Waals surface area contributed by atoms with Gasteiger partial charge in [0.25, 0.3) is 5.69 Å². The van der Waals surface area contributed by atoms with E-state index in [1.165, 1.54) is 36.3 Å². The summed E-state index contributed by atoms with van der Waals surface area (Å²) >= 11 is 0. The van der Waals surface area contributed by atoms with E-state index < -0.39 is 41.0 Å². The number of methoxy groups -OCH3 is 1. The highest BCUT2D eigenvalue weighted by Gasteiger charge is 2.66. The van der Waals surface area contributed by atoms with Crippen molar-refractivity contribution < 1.29 is 67.8 Å². The van der Waals surface area contributed by atoms with Crippen molar-refractivity contribution in [2.45, 2.75) is 88.2 Å². The quantitative estimate of drug-likeness (QED) is 0.0241. The minimum atomic E-state index is -1.66. The lowest BCUT2D eigenvalue weighted by molar-refractivity contribution is -0.384. The van der Waals surface area contributed by atoms with Gasteiger partial charge in [0.05, 0.1) is 62.3 Å². The first-order chi connectivity index (χ1) is 33.7. The molecule has 2 aliphatic heterocycles. The van der Waals surface area contributed by atoms with Crippen LogP contribution in [0.5, 0.6) is 28.7 Å². The van der Waals surface area contributed by atoms with Crippen molar-refractivity contribution >= 4 is 23.8 Å². The number of ether oxygens (including phenoxy) is 7. The Bertz CT molecular complexity index is 2280. The Morgan fingerprint density at radius 2 is 1.72 bits per heavy atom. The van der Waals surface area contributed by atoms with Crippen molar-refractivity contribution in [3.8, 4) is 28.7 Å². The number of amides is 1. The third-order valence-electron chi connectivity index (χ3n) is 13.2. The van der Waals surface area contributed by atoms with Gasteiger partial charge in [-0.25, -0.2) is 4.79 Å². The summed E-state index contributed by atoms with van der Waals surface area (Å²) in [6.45, 7) is 4.22. The summed E-state index contributed by atoms with van der Waals surface area (Å²) in [4.78, 5) is 45.5. The monoisotopic (exact) mass is 957 g/mol. The van der Waals surface area contributed by atoms with E-state index in [9.17, 15) is 35.0 Å². The van der Waals surface area contributed by atoms with E-state index in [4.69, 9.17) is 43.2 Å². The van der Waals surface area contributed by atoms with Crippen LogP contribution in [0, 0.1) is 27.9 Å². The van der Waals surface area contributed by atoms with E-state index in [0.717, 1.165) is 36.8 Å². The normalized spacial score (nSPS) is 24.2. The fraction of sp³-hybridized carbons (Fsp3) is 0.510. The topological polar surface area (TPSA) is 227 Å². The lowest BCUT2D eigenvalue weighted by atomic mass is 9.55. The number of carbonyl (C=O) groups excluding carboxylic acids is 2. The van der Waals surface area contributed by atoms with Crippen LogP contribution in [0.1, 0.15) is 86.0 Å². The van der Waals surface area contributed by atoms with Crippen LogP contribution in [0.4, 0.5) is 10.5 Å². The largest absolute Gasteiger partial charge is 0.496 e. The molecule has 1 amide bonds. The predicted octanol–water partition coefficient (Wildman–Crippen LogP) is 7.88. The lowest BCUT2D eigenvalue weighted by Gasteiger charge is -2.59. The lowest BCUT2D eigenvalue weighted by Crippen LogP contribution is -2.70. The molecule has 2 aliphatic carbocycles. The molecule has 3 N–H and O–H groups in total. The molecule has 2 fully saturated rings. The van der Waals surface area contributed by atoms with E-state index in [2.05, 4.69) is 12.7 Å². The number of nitro groups is 1. The maximum atomic E-state index is 14.9. The molecule has 69 heavy (non-hydrogen) atoms. The number of hydrogen-bond acceptors (Lipinski definition) is 16. The molecule has 1 saturated heterocycles. The second-order valence-corrected chi connectivity index (χ2v) is 17.4. The number of aldehydes is 1. The second-order valence-electron chi connectivity index (χ2n) is 17.4. The Kier molecular flexibility index (Phi) is 18.2. The zero-order valence-electron chi connectivity index (χ0n) is 39.0. The van der Waals surface area contributed by atoms with Gasteiger partial charge in [-0.15, -0.1) is 6.58 Å². The third kappa shape index (κ3) is 11.9. The molecule has 0 spiro atoms. The predicted molar refractivity (Wildman–Crippen MR) is 252 cm³/mol. The van der Waals surface area contributed by atoms with Crippen LogP contribution in [-0.2, 0) is 19.0 Å². The van der Waals surface area contributed by atoms with Crippen molar-refractivity contribution in [3.05, 3.63) is 106 Å². The number of carbonyl (C=O) groups is 2. The number of aliphatic hydroxyl groups excluding tert-OH is 3. The Labute approximate surface area is 401 Å². The smallest absolute Gasteiger partial charge is 0.415 e. The van der Waals surface area contributed by atoms with Gasteiger partial charge in [-0.1, -0.05) is 30.1 Å². The number of aliphatic hydroxyl groups is 3. The maximum Gasteiger partial charge on any atom is 0.415 e. The number of non-ortho nitro benzene ring substituents is 1. The number of allylic oxidation sites excluding steroid dienone is 1. The molecule has 7 rings (SSSR count). The average molecular weight is 958 g/mol. The molecule has 372 valence electrons. The van der Waals surface area contributed by atoms with Crippen molar-refractivity contribution in [2.75, 3.05) is 59.9 Å². The van der Waals surface area contributed by atoms with Crippen LogP contribution in [0.25, 0.3) is 0 Å². The Morgan fingerprint density at radius 3 is 2.42 bits per heavy atom. The summed E-state index contributed by atoms with van der Waals surface area (Å²) < 4.78 is 43.9. The molecular formula is C51H63N3O15. The minimum Gasteiger partial charge on any atom is -0.496 e. The SMILES string of the molecule is C=CCO[C@@]12Oc3ccc(Oc4ccc(OC)c(C=O)c4)cc3[C@H]3[C@H](CCCCO)[C@@H](CCCCO)C=C(C(=NOC4CCCCO4)C[C@@H]1N(CCOCCO)C(=O)Oc1ccc([N+](=O)[O-])cc1)[C@H]32. The number of rotatable bonds is 25. The van der Waals surface area contributed by atoms with Crippen molar-refractivity contribution in [2.24, 2.45) is 22.9 Å². The zero-order valence-corrected chi connectivity index (χ0v) is 39.0. The van der Waals surface area contributed by atoms with E-state index in [1.807, 2.05) is 12.1 Å². The fourth-order valence-electron chi connectivity index (χ4n) is 10.1. The summed E-state index contributed by atoms with van der Waals surface area (Å²) in [5.74, 6) is -1.11. The highest BCUT2D eigenvalue weighted by Crippen LogP contribution is 2.62. The molecule has 7 atom stereocenters. The van der Waals surface area contributed by atoms with Crippen LogP contribution in [-0.4, -0.2) is 121 Å². The number of nitrogens with zero attached hydrogens (tertiary/aromatic N) is 3. The number of nitro benzene ring substituents is 1. The molecule has 18 heteroatoms. The number of unbranched alkanes of at least 4 members (excludes halogenated alkanes) is 2. The van der Waals surface area contributed by atoms with Crippen molar-refractivity contribution in [1.82, 2.24) is 4.90 Å². The Hall–Kier alpha value is -5.89. The van der Waals surface area contributed by atoms with Gasteiger partial charge in [0.1, 0.15) is 34.8 Å². The molecule has 3 aromatic rings. The third-order valence-corrected chi connectivity index (χ3v) is 13.2. The molecule has 0 bridgehead atoms. The molecule has 1 saturated carbocycles. The van der Waals surface area contributed by atoms with E-state index >= 15 is 0 Å². The van der Waals surface area contributed by atoms with Crippen molar-refractivity contribution in [1.29, 1.82) is 0 Å². The number of hydrogen-bond donors (Lipinski definition) is 3. The maximum absolute atomic E-state index is 14.9. The first kappa shape index (κ1) is 51.0. The van der Waals surface area contributed by atoms with E-state index in [-0.39, 0.29) is 75.9 Å². The zero-order chi connectivity index (χ0) is 48.8. The molecule has 18 nitrogen and oxygen atoms in total. The van der Waals surface area contributed by atoms with Crippen LogP contribution < -0.4 is 18.9 Å². The molecule has 1 unspecified atom stereocenters. The molecular weight excluding hydrogens is 895 g/mol. The summed E-state index contributed by atoms with van der Waals surface area (Å²) in [7, 11) is 1.49. The van der Waals surface area contributed by atoms with Gasteiger partial charge in [0, 0.05) is 56.2 Å². The average Bonchev–Trinajstić information content (AvgIpc) is 3.36. The van der Waals surface area contributed by atoms with E-state index in [1.54, 1.807) is 30.3 Å². The van der Waals surface area contributed by atoms with Crippen LogP contribution >= 0.6 is 0 Å². The molecule has 3 aromatic carbocycles. The summed E-state index contributed by atoms with van der Waals surface area (Å²) in [6.07, 6.45) is 9.57. The van der Waals surface area contributed by atoms with Crippen LogP contribution in [0.15, 0.2) is 90.1 Å². The van der Waals surface area contributed by atoms with Gasteiger partial charge in [-0.05, 0) is 104 Å². The molecule has 0 aromatic heterocycles. The number of benzene rings is 3. The highest BCUT2D eigenvalue weighted by molar-refractivity contribution is 6.03. The Balaban J connectivity index is 1.43. The number of fused-ring (bicyclic) bond motifs is 2. The summed E-state index contributed by atoms with van der Waals surface area (Å²) in [6, 6.07) is 14.7. The summed E-state index contributed by atoms with van der Waals surface area (Å²) in [5, 5.41) is 46.0. The van der Waals surface area contributed by atoms with Gasteiger partial charge in [-0.2, -0.15) is 0 Å². The first-order valence-corrected chi connectivity index (χ1v) is 23.8. The standard InChI is InChI=1S/C51H63N3O15/c1-3-25-65-51-46(53(21-27-63-28-24-57)50(59)67-37-15-13-36(14-16-37)54(60)61)32-43(52-69-47-12-6-9-26-64-47)41-30-34(10-4-7-22-55)40(11-5-8-23-56)48(49(41)51)42-31-39(18-20-45(42)68-51)66-38-17-19-44(62-2)35(29-38)33-58/h3,13-20,29-31,33-34,40,46-49,55-57H,1,4-12,21-28,32H2,2H3/t34-,40+,46-,47?,48+,49+,51+/m0/s1. The molecule has 4 aliphatic rings. The van der Waals surface area contributed by atoms with Gasteiger partial charge in [0.15, 0.2) is 6.29 Å². The van der Waals surface area contributed by atoms with E-state index in [0.29, 0.717) is 79.3 Å². The number of oxime groups is 1. The van der Waals surface area contributed by atoms with Crippen LogP contribution in [0.3, 0.4) is 0 Å². The van der Waals surface area contributed by atoms with Crippen LogP contribution in [0.2, 0.25) is 0 Å². The van der Waals surface area contributed by atoms with Gasteiger partial charge in [0.2, 0.25) is 12.1 Å². The van der Waals surface area contributed by atoms with Gasteiger partial charge in [-0.3, -0.25) is 19.8 Å². The molecule has 0 radical (unpaired) electrons. The molecule has 2 heterocycles. The first-order valence-electron chi connectivity index (χ1n) is 23.8. The van der Waals surface area contributed by atoms with Crippen molar-refractivity contribution in [3.63, 3.8) is 0 Å². The van der Waals surface area contributed by atoms with Gasteiger partial charge >= 0.3 is 6.09 Å².